The molecule has 0 aliphatic carbocycles. The summed E-state index contributed by atoms with van der Waals surface area (Å²) in [6.07, 6.45) is 2.19. The van der Waals surface area contributed by atoms with Gasteiger partial charge in [0.2, 0.25) is 0 Å². The number of benzene rings is 1. The van der Waals surface area contributed by atoms with Crippen molar-refractivity contribution in [2.45, 2.75) is 13.3 Å². The topological polar surface area (TPSA) is 99.9 Å². The van der Waals surface area contributed by atoms with E-state index in [0.29, 0.717) is 41.7 Å². The van der Waals surface area contributed by atoms with Gasteiger partial charge in [-0.3, -0.25) is 4.98 Å². The molecule has 0 aliphatic rings. The predicted octanol–water partition coefficient (Wildman–Crippen LogP) is 2.69. The smallest absolute Gasteiger partial charge is 0.182 e. The molecule has 0 aliphatic heterocycles. The number of nitrogens with two attached hydrogens (primary N) is 2. The summed E-state index contributed by atoms with van der Waals surface area (Å²) in [5, 5.41) is 0. The molecule has 0 radical (unpaired) electrons. The zero-order chi connectivity index (χ0) is 16.9. The van der Waals surface area contributed by atoms with Gasteiger partial charge in [0.25, 0.3) is 0 Å². The summed E-state index contributed by atoms with van der Waals surface area (Å²) in [4.78, 5) is 12.9. The molecule has 3 rings (SSSR count). The second kappa shape index (κ2) is 6.95. The van der Waals surface area contributed by atoms with Crippen LogP contribution in [0.15, 0.2) is 48.7 Å². The van der Waals surface area contributed by atoms with Crippen molar-refractivity contribution in [2.24, 2.45) is 0 Å². The van der Waals surface area contributed by atoms with Crippen molar-refractivity contribution in [3.8, 4) is 17.3 Å². The molecule has 2 heterocycles. The van der Waals surface area contributed by atoms with E-state index in [1.54, 1.807) is 6.20 Å². The van der Waals surface area contributed by atoms with Crippen LogP contribution in [-0.4, -0.2) is 21.6 Å². The Morgan fingerprint density at radius 1 is 0.958 bits per heavy atom. The number of nitrogens with zero attached hydrogens (tertiary/aromatic N) is 3. The van der Waals surface area contributed by atoms with Crippen LogP contribution in [0, 0.1) is 0 Å². The summed E-state index contributed by atoms with van der Waals surface area (Å²) in [7, 11) is 0. The fraction of sp³-hybridized carbons (Fsp3) is 0.167. The maximum Gasteiger partial charge on any atom is 0.182 e. The highest BCUT2D eigenvalue weighted by Crippen LogP contribution is 2.27. The first-order chi connectivity index (χ1) is 11.7. The Hall–Kier alpha value is -3.15. The first kappa shape index (κ1) is 15.7. The lowest BCUT2D eigenvalue weighted by Crippen LogP contribution is -2.09. The number of hydrogen-bond donors (Lipinski definition) is 2. The zero-order valence-corrected chi connectivity index (χ0v) is 13.4. The van der Waals surface area contributed by atoms with Gasteiger partial charge in [-0.1, -0.05) is 24.3 Å². The van der Waals surface area contributed by atoms with E-state index < -0.39 is 0 Å². The third-order valence-electron chi connectivity index (χ3n) is 3.60. The minimum Gasteiger partial charge on any atom is -0.494 e. The van der Waals surface area contributed by atoms with Gasteiger partial charge in [-0.2, -0.15) is 0 Å². The first-order valence-corrected chi connectivity index (χ1v) is 7.73. The van der Waals surface area contributed by atoms with Gasteiger partial charge < -0.3 is 16.2 Å². The van der Waals surface area contributed by atoms with E-state index in [1.165, 1.54) is 0 Å². The molecule has 6 nitrogen and oxygen atoms in total. The predicted molar refractivity (Wildman–Crippen MR) is 94.5 cm³/mol. The molecule has 0 atom stereocenters. The molecule has 0 unspecified atom stereocenters. The Kier molecular flexibility index (Phi) is 4.56. The molecule has 24 heavy (non-hydrogen) atoms. The molecule has 6 heteroatoms. The van der Waals surface area contributed by atoms with Crippen LogP contribution >= 0.6 is 0 Å². The molecule has 0 saturated carbocycles. The molecule has 3 aromatic rings. The van der Waals surface area contributed by atoms with Gasteiger partial charge in [0.1, 0.15) is 23.1 Å². The quantitative estimate of drug-likeness (QED) is 0.749. The van der Waals surface area contributed by atoms with Gasteiger partial charge >= 0.3 is 0 Å². The SMILES string of the molecule is CCOc1ccccc1Cc1c(N)nc(-c2ccccn2)nc1N. The Labute approximate surface area is 140 Å². The van der Waals surface area contributed by atoms with Crippen LogP contribution in [-0.2, 0) is 6.42 Å². The Bertz CT molecular complexity index is 813. The lowest BCUT2D eigenvalue weighted by Gasteiger charge is -2.13. The molecule has 0 spiro atoms. The van der Waals surface area contributed by atoms with Gasteiger partial charge in [0.05, 0.1) is 6.61 Å². The zero-order valence-electron chi connectivity index (χ0n) is 13.4. The highest BCUT2D eigenvalue weighted by molar-refractivity contribution is 5.62. The molecule has 0 bridgehead atoms. The highest BCUT2D eigenvalue weighted by Gasteiger charge is 2.14. The highest BCUT2D eigenvalue weighted by atomic mass is 16.5. The molecule has 0 saturated heterocycles. The second-order valence-electron chi connectivity index (χ2n) is 5.23. The van der Waals surface area contributed by atoms with Crippen LogP contribution in [0.3, 0.4) is 0 Å². The molecular formula is C18H19N5O. The summed E-state index contributed by atoms with van der Waals surface area (Å²) in [6.45, 7) is 2.54. The number of pyridine rings is 1. The average Bonchev–Trinajstić information content (AvgIpc) is 2.60. The maximum atomic E-state index is 6.13. The van der Waals surface area contributed by atoms with Gasteiger partial charge in [-0.15, -0.1) is 0 Å². The van der Waals surface area contributed by atoms with Crippen molar-refractivity contribution in [3.05, 3.63) is 59.8 Å². The molecule has 4 N–H and O–H groups in total. The summed E-state index contributed by atoms with van der Waals surface area (Å²) in [5.41, 5.74) is 14.6. The molecular weight excluding hydrogens is 302 g/mol. The van der Waals surface area contributed by atoms with E-state index in [2.05, 4.69) is 15.0 Å². The monoisotopic (exact) mass is 321 g/mol. The molecule has 1 aromatic carbocycles. The Morgan fingerprint density at radius 3 is 2.33 bits per heavy atom. The Balaban J connectivity index is 1.96. The maximum absolute atomic E-state index is 6.13. The second-order valence-corrected chi connectivity index (χ2v) is 5.23. The number of rotatable bonds is 5. The van der Waals surface area contributed by atoms with E-state index in [4.69, 9.17) is 16.2 Å². The minimum atomic E-state index is 0.356. The Morgan fingerprint density at radius 2 is 1.67 bits per heavy atom. The van der Waals surface area contributed by atoms with E-state index in [-0.39, 0.29) is 0 Å². The summed E-state index contributed by atoms with van der Waals surface area (Å²) in [5.74, 6) is 1.95. The van der Waals surface area contributed by atoms with Gasteiger partial charge in [0, 0.05) is 18.2 Å². The fourth-order valence-corrected chi connectivity index (χ4v) is 2.45. The van der Waals surface area contributed by atoms with Crippen molar-refractivity contribution in [2.75, 3.05) is 18.1 Å². The standard InChI is InChI=1S/C18H19N5O/c1-2-24-15-9-4-3-7-12(15)11-13-16(19)22-18(23-17(13)20)14-8-5-6-10-21-14/h3-10H,2,11H2,1H3,(H4,19,20,22,23). The number of nitrogen functional groups attached to an aromatic ring is 2. The van der Waals surface area contributed by atoms with Crippen LogP contribution in [0.4, 0.5) is 11.6 Å². The first-order valence-electron chi connectivity index (χ1n) is 7.73. The molecule has 122 valence electrons. The summed E-state index contributed by atoms with van der Waals surface area (Å²) < 4.78 is 5.65. The third-order valence-corrected chi connectivity index (χ3v) is 3.60. The van der Waals surface area contributed by atoms with Gasteiger partial charge in [-0.25, -0.2) is 9.97 Å². The van der Waals surface area contributed by atoms with Crippen molar-refractivity contribution in [1.29, 1.82) is 0 Å². The van der Waals surface area contributed by atoms with Gasteiger partial charge in [-0.05, 0) is 30.7 Å². The van der Waals surface area contributed by atoms with Crippen LogP contribution < -0.4 is 16.2 Å². The largest absolute Gasteiger partial charge is 0.494 e. The number of ether oxygens (including phenoxy) is 1. The average molecular weight is 321 g/mol. The lowest BCUT2D eigenvalue weighted by molar-refractivity contribution is 0.337. The van der Waals surface area contributed by atoms with Crippen molar-refractivity contribution < 1.29 is 4.74 Å². The number of aromatic nitrogens is 3. The van der Waals surface area contributed by atoms with Crippen LogP contribution in [0.25, 0.3) is 11.5 Å². The van der Waals surface area contributed by atoms with Crippen LogP contribution in [0.2, 0.25) is 0 Å². The normalized spacial score (nSPS) is 10.5. The molecule has 2 aromatic heterocycles. The van der Waals surface area contributed by atoms with Gasteiger partial charge in [0.15, 0.2) is 5.82 Å². The number of anilines is 2. The van der Waals surface area contributed by atoms with E-state index in [0.717, 1.165) is 11.3 Å². The van der Waals surface area contributed by atoms with E-state index in [9.17, 15) is 0 Å². The summed E-state index contributed by atoms with van der Waals surface area (Å²) in [6, 6.07) is 13.3. The number of hydrogen-bond acceptors (Lipinski definition) is 6. The molecule has 0 fully saturated rings. The minimum absolute atomic E-state index is 0.356. The van der Waals surface area contributed by atoms with E-state index >= 15 is 0 Å². The van der Waals surface area contributed by atoms with Crippen LogP contribution in [0.1, 0.15) is 18.1 Å². The lowest BCUT2D eigenvalue weighted by atomic mass is 10.0. The van der Waals surface area contributed by atoms with Crippen molar-refractivity contribution in [1.82, 2.24) is 15.0 Å². The third kappa shape index (κ3) is 3.27. The molecule has 0 amide bonds. The fourth-order valence-electron chi connectivity index (χ4n) is 2.45. The van der Waals surface area contributed by atoms with Crippen molar-refractivity contribution >= 4 is 11.6 Å². The number of para-hydroxylation sites is 1. The van der Waals surface area contributed by atoms with E-state index in [1.807, 2.05) is 49.4 Å². The van der Waals surface area contributed by atoms with Crippen molar-refractivity contribution in [3.63, 3.8) is 0 Å². The summed E-state index contributed by atoms with van der Waals surface area (Å²) >= 11 is 0. The van der Waals surface area contributed by atoms with Crippen LogP contribution in [0.5, 0.6) is 5.75 Å².